The van der Waals surface area contributed by atoms with Gasteiger partial charge in [0.25, 0.3) is 0 Å². The van der Waals surface area contributed by atoms with Crippen LogP contribution >= 0.6 is 0 Å². The minimum Gasteiger partial charge on any atom is -0.436 e. The molecule has 3 aromatic rings. The average Bonchev–Trinajstić information content (AvgIpc) is 3.02. The molecule has 0 fully saturated rings. The number of amides is 1. The van der Waals surface area contributed by atoms with E-state index in [0.717, 1.165) is 23.4 Å². The monoisotopic (exact) mass is 413 g/mol. The number of rotatable bonds is 7. The van der Waals surface area contributed by atoms with Crippen molar-refractivity contribution in [3.63, 3.8) is 0 Å². The van der Waals surface area contributed by atoms with Gasteiger partial charge in [0.15, 0.2) is 11.6 Å². The van der Waals surface area contributed by atoms with E-state index in [1.807, 2.05) is 45.0 Å². The summed E-state index contributed by atoms with van der Waals surface area (Å²) in [6.07, 6.45) is 0.659. The zero-order chi connectivity index (χ0) is 21.8. The van der Waals surface area contributed by atoms with Crippen molar-refractivity contribution in [1.82, 2.24) is 14.7 Å². The Morgan fingerprint density at radius 3 is 2.60 bits per heavy atom. The third kappa shape index (κ3) is 4.67. The summed E-state index contributed by atoms with van der Waals surface area (Å²) in [7, 11) is 1.75. The second-order valence-corrected chi connectivity index (χ2v) is 7.20. The van der Waals surface area contributed by atoms with Crippen LogP contribution in [0.3, 0.4) is 0 Å². The van der Waals surface area contributed by atoms with Gasteiger partial charge in [-0.25, -0.2) is 13.5 Å². The van der Waals surface area contributed by atoms with Gasteiger partial charge in [0.2, 0.25) is 11.8 Å². The van der Waals surface area contributed by atoms with Crippen LogP contribution in [-0.2, 0) is 11.2 Å². The Morgan fingerprint density at radius 1 is 1.17 bits per heavy atom. The number of carbonyl (C=O) groups is 1. The molecular formula is C23H25F2N3O2. The molecule has 158 valence electrons. The van der Waals surface area contributed by atoms with Crippen LogP contribution in [0.15, 0.2) is 42.5 Å². The van der Waals surface area contributed by atoms with Crippen molar-refractivity contribution in [2.45, 2.75) is 33.6 Å². The van der Waals surface area contributed by atoms with Crippen LogP contribution in [0.2, 0.25) is 0 Å². The molecule has 30 heavy (non-hydrogen) atoms. The molecule has 0 aliphatic rings. The van der Waals surface area contributed by atoms with Crippen molar-refractivity contribution in [2.75, 3.05) is 13.6 Å². The van der Waals surface area contributed by atoms with Crippen LogP contribution < -0.4 is 4.74 Å². The Hall–Kier alpha value is -3.22. The fraction of sp³-hybridized carbons (Fsp3) is 0.304. The summed E-state index contributed by atoms with van der Waals surface area (Å²) in [5.74, 6) is -1.29. The lowest BCUT2D eigenvalue weighted by atomic mass is 10.1. The summed E-state index contributed by atoms with van der Waals surface area (Å²) < 4.78 is 35.1. The standard InChI is InChI=1S/C23H25F2N3O2/c1-5-27(4)22(29)12-10-19-16(3)26-28(18-8-6-7-15(2)13-18)23(19)30-21-11-9-17(24)14-20(21)25/h6-9,11,13-14H,5,10,12H2,1-4H3. The molecule has 0 saturated heterocycles. The molecular weight excluding hydrogens is 388 g/mol. The Balaban J connectivity index is 2.03. The summed E-state index contributed by atoms with van der Waals surface area (Å²) in [5, 5.41) is 4.58. The summed E-state index contributed by atoms with van der Waals surface area (Å²) in [5.41, 5.74) is 3.17. The second-order valence-electron chi connectivity index (χ2n) is 7.20. The van der Waals surface area contributed by atoms with Crippen molar-refractivity contribution in [3.05, 3.63) is 70.9 Å². The maximum absolute atomic E-state index is 14.3. The molecule has 1 amide bonds. The number of carbonyl (C=O) groups excluding carboxylic acids is 1. The minimum absolute atomic E-state index is 0.000816. The largest absolute Gasteiger partial charge is 0.436 e. The number of aryl methyl sites for hydroxylation is 2. The number of aromatic nitrogens is 2. The summed E-state index contributed by atoms with van der Waals surface area (Å²) in [6.45, 7) is 6.30. The molecule has 0 aliphatic heterocycles. The van der Waals surface area contributed by atoms with E-state index in [4.69, 9.17) is 4.74 Å². The normalized spacial score (nSPS) is 10.9. The lowest BCUT2D eigenvalue weighted by Gasteiger charge is -2.15. The van der Waals surface area contributed by atoms with Crippen LogP contribution in [0.4, 0.5) is 8.78 Å². The molecule has 0 aliphatic carbocycles. The molecule has 1 heterocycles. The van der Waals surface area contributed by atoms with E-state index in [-0.39, 0.29) is 18.1 Å². The Bertz CT molecular complexity index is 1060. The molecule has 1 aromatic heterocycles. The van der Waals surface area contributed by atoms with Gasteiger partial charge in [-0.2, -0.15) is 5.10 Å². The SMILES string of the molecule is CCN(C)C(=O)CCc1c(C)nn(-c2cccc(C)c2)c1Oc1ccc(F)cc1F. The van der Waals surface area contributed by atoms with Gasteiger partial charge in [-0.05, 0) is 57.0 Å². The molecule has 0 atom stereocenters. The lowest BCUT2D eigenvalue weighted by molar-refractivity contribution is -0.129. The van der Waals surface area contributed by atoms with Crippen LogP contribution in [0.25, 0.3) is 5.69 Å². The van der Waals surface area contributed by atoms with Crippen molar-refractivity contribution >= 4 is 5.91 Å². The Kier molecular flexibility index (Phi) is 6.50. The van der Waals surface area contributed by atoms with Gasteiger partial charge < -0.3 is 9.64 Å². The zero-order valence-corrected chi connectivity index (χ0v) is 17.6. The Morgan fingerprint density at radius 2 is 1.93 bits per heavy atom. The average molecular weight is 413 g/mol. The predicted octanol–water partition coefficient (Wildman–Crippen LogP) is 4.97. The first-order valence-corrected chi connectivity index (χ1v) is 9.82. The van der Waals surface area contributed by atoms with Crippen LogP contribution in [0.5, 0.6) is 11.6 Å². The number of nitrogens with zero attached hydrogens (tertiary/aromatic N) is 3. The van der Waals surface area contributed by atoms with E-state index >= 15 is 0 Å². The third-order valence-corrected chi connectivity index (χ3v) is 4.97. The van der Waals surface area contributed by atoms with Gasteiger partial charge in [0.05, 0.1) is 11.4 Å². The maximum Gasteiger partial charge on any atom is 0.226 e. The topological polar surface area (TPSA) is 47.4 Å². The minimum atomic E-state index is -0.808. The molecule has 3 rings (SSSR count). The number of ether oxygens (including phenoxy) is 1. The van der Waals surface area contributed by atoms with Gasteiger partial charge in [-0.3, -0.25) is 4.79 Å². The molecule has 7 heteroatoms. The number of halogens is 2. The highest BCUT2D eigenvalue weighted by atomic mass is 19.1. The van der Waals surface area contributed by atoms with E-state index in [2.05, 4.69) is 5.10 Å². The summed E-state index contributed by atoms with van der Waals surface area (Å²) in [6, 6.07) is 10.8. The first-order chi connectivity index (χ1) is 14.3. The smallest absolute Gasteiger partial charge is 0.226 e. The molecule has 5 nitrogen and oxygen atoms in total. The fourth-order valence-corrected chi connectivity index (χ4v) is 3.13. The third-order valence-electron chi connectivity index (χ3n) is 4.97. The number of benzene rings is 2. The van der Waals surface area contributed by atoms with Crippen LogP contribution in [0, 0.1) is 25.5 Å². The van der Waals surface area contributed by atoms with E-state index in [1.54, 1.807) is 16.6 Å². The van der Waals surface area contributed by atoms with E-state index in [9.17, 15) is 13.6 Å². The molecule has 2 aromatic carbocycles. The lowest BCUT2D eigenvalue weighted by Crippen LogP contribution is -2.26. The van der Waals surface area contributed by atoms with Crippen LogP contribution in [-0.4, -0.2) is 34.2 Å². The van der Waals surface area contributed by atoms with E-state index in [1.165, 1.54) is 6.07 Å². The molecule has 0 unspecified atom stereocenters. The Labute approximate surface area is 174 Å². The van der Waals surface area contributed by atoms with Crippen LogP contribution in [0.1, 0.15) is 30.2 Å². The summed E-state index contributed by atoms with van der Waals surface area (Å²) >= 11 is 0. The molecule has 0 bridgehead atoms. The summed E-state index contributed by atoms with van der Waals surface area (Å²) in [4.78, 5) is 13.9. The first-order valence-electron chi connectivity index (χ1n) is 9.82. The highest BCUT2D eigenvalue weighted by Gasteiger charge is 2.21. The highest BCUT2D eigenvalue weighted by molar-refractivity contribution is 5.76. The van der Waals surface area contributed by atoms with Crippen molar-refractivity contribution in [2.24, 2.45) is 0 Å². The van der Waals surface area contributed by atoms with Crippen molar-refractivity contribution < 1.29 is 18.3 Å². The van der Waals surface area contributed by atoms with E-state index < -0.39 is 11.6 Å². The van der Waals surface area contributed by atoms with Gasteiger partial charge in [-0.15, -0.1) is 0 Å². The first kappa shape index (κ1) is 21.5. The predicted molar refractivity (Wildman–Crippen MR) is 111 cm³/mol. The molecule has 0 saturated carbocycles. The highest BCUT2D eigenvalue weighted by Crippen LogP contribution is 2.33. The number of hydrogen-bond acceptors (Lipinski definition) is 3. The molecule has 0 radical (unpaired) electrons. The second kappa shape index (κ2) is 9.07. The molecule has 0 N–H and O–H groups in total. The van der Waals surface area contributed by atoms with Gasteiger partial charge in [-0.1, -0.05) is 12.1 Å². The maximum atomic E-state index is 14.3. The zero-order valence-electron chi connectivity index (χ0n) is 17.6. The van der Waals surface area contributed by atoms with Crippen molar-refractivity contribution in [3.8, 4) is 17.3 Å². The van der Waals surface area contributed by atoms with Crippen molar-refractivity contribution in [1.29, 1.82) is 0 Å². The molecule has 0 spiro atoms. The van der Waals surface area contributed by atoms with Gasteiger partial charge in [0.1, 0.15) is 5.82 Å². The van der Waals surface area contributed by atoms with Gasteiger partial charge in [0, 0.05) is 31.6 Å². The fourth-order valence-electron chi connectivity index (χ4n) is 3.13. The van der Waals surface area contributed by atoms with Gasteiger partial charge >= 0.3 is 0 Å². The van der Waals surface area contributed by atoms with E-state index in [0.29, 0.717) is 30.1 Å². The quantitative estimate of drug-likeness (QED) is 0.549. The number of hydrogen-bond donors (Lipinski definition) is 0.